The number of carbonyl (C=O) groups excluding carboxylic acids is 2. The largest absolute Gasteiger partial charge is 0.445 e. The average molecular weight is 346 g/mol. The number of hydrogen-bond acceptors (Lipinski definition) is 4. The van der Waals surface area contributed by atoms with Gasteiger partial charge >= 0.3 is 12.2 Å². The van der Waals surface area contributed by atoms with Gasteiger partial charge in [0, 0.05) is 6.04 Å². The minimum Gasteiger partial charge on any atom is -0.445 e. The molecule has 2 saturated heterocycles. The highest BCUT2D eigenvalue weighted by atomic mass is 16.6. The number of fused-ring (bicyclic) bond motifs is 2. The Bertz CT molecular complexity index is 626. The van der Waals surface area contributed by atoms with E-state index in [1.807, 2.05) is 51.1 Å². The lowest BCUT2D eigenvalue weighted by molar-refractivity contribution is 0.0209. The standard InChI is InChI=1S/C19H26N2O4/c1-19(2,3)25-18(23)21-14-9-10-16(21)15(11-14)20-17(22)24-12-13-7-5-4-6-8-13/h4-8,14-16H,9-12H2,1-3H3,(H,20,22)/t14-,15?,16-/m0/s1. The number of nitrogens with one attached hydrogen (secondary N) is 1. The highest BCUT2D eigenvalue weighted by molar-refractivity contribution is 5.71. The van der Waals surface area contributed by atoms with Crippen LogP contribution in [-0.2, 0) is 16.1 Å². The molecule has 3 rings (SSSR count). The Morgan fingerprint density at radius 3 is 2.60 bits per heavy atom. The Morgan fingerprint density at radius 1 is 1.20 bits per heavy atom. The van der Waals surface area contributed by atoms with Crippen LogP contribution in [0.4, 0.5) is 9.59 Å². The summed E-state index contributed by atoms with van der Waals surface area (Å²) in [6.45, 7) is 5.82. The van der Waals surface area contributed by atoms with Crippen molar-refractivity contribution >= 4 is 12.2 Å². The van der Waals surface area contributed by atoms with Crippen molar-refractivity contribution in [3.05, 3.63) is 35.9 Å². The molecule has 3 atom stereocenters. The molecule has 1 unspecified atom stereocenters. The summed E-state index contributed by atoms with van der Waals surface area (Å²) in [6.07, 6.45) is 1.87. The van der Waals surface area contributed by atoms with E-state index in [-0.39, 0.29) is 30.8 Å². The van der Waals surface area contributed by atoms with Crippen molar-refractivity contribution in [1.82, 2.24) is 10.2 Å². The van der Waals surface area contributed by atoms with Gasteiger partial charge in [0.25, 0.3) is 0 Å². The zero-order valence-corrected chi connectivity index (χ0v) is 15.0. The lowest BCUT2D eigenvalue weighted by atomic mass is 9.96. The van der Waals surface area contributed by atoms with Gasteiger partial charge in [0.1, 0.15) is 12.2 Å². The molecule has 2 amide bonds. The number of ether oxygens (including phenoxy) is 2. The molecule has 2 aliphatic heterocycles. The van der Waals surface area contributed by atoms with Crippen molar-refractivity contribution in [2.45, 2.75) is 70.4 Å². The molecule has 1 aromatic carbocycles. The van der Waals surface area contributed by atoms with Crippen LogP contribution in [0.25, 0.3) is 0 Å². The number of hydrogen-bond donors (Lipinski definition) is 1. The number of alkyl carbamates (subject to hydrolysis) is 1. The van der Waals surface area contributed by atoms with E-state index in [4.69, 9.17) is 9.47 Å². The SMILES string of the molecule is CC(C)(C)OC(=O)N1[C@H]2CC[C@H]1C(NC(=O)OCc1ccccc1)C2. The molecule has 2 fully saturated rings. The van der Waals surface area contributed by atoms with Gasteiger partial charge in [0.2, 0.25) is 0 Å². The van der Waals surface area contributed by atoms with Gasteiger partial charge in [-0.3, -0.25) is 0 Å². The van der Waals surface area contributed by atoms with E-state index >= 15 is 0 Å². The first-order valence-electron chi connectivity index (χ1n) is 8.82. The van der Waals surface area contributed by atoms with Gasteiger partial charge in [-0.25, -0.2) is 9.59 Å². The van der Waals surface area contributed by atoms with Crippen LogP contribution in [0.3, 0.4) is 0 Å². The zero-order valence-electron chi connectivity index (χ0n) is 15.0. The van der Waals surface area contributed by atoms with Crippen molar-refractivity contribution in [1.29, 1.82) is 0 Å². The lowest BCUT2D eigenvalue weighted by Gasteiger charge is -2.28. The minimum absolute atomic E-state index is 0.0101. The van der Waals surface area contributed by atoms with Crippen LogP contribution in [-0.4, -0.2) is 40.8 Å². The van der Waals surface area contributed by atoms with Gasteiger partial charge in [0.15, 0.2) is 0 Å². The molecule has 1 N–H and O–H groups in total. The molecule has 0 aliphatic carbocycles. The Labute approximate surface area is 148 Å². The maximum atomic E-state index is 12.4. The Balaban J connectivity index is 1.52. The Morgan fingerprint density at radius 2 is 1.92 bits per heavy atom. The zero-order chi connectivity index (χ0) is 18.0. The molecule has 25 heavy (non-hydrogen) atoms. The molecule has 2 aliphatic rings. The fraction of sp³-hybridized carbons (Fsp3) is 0.579. The second-order valence-electron chi connectivity index (χ2n) is 7.73. The maximum Gasteiger partial charge on any atom is 0.410 e. The molecular weight excluding hydrogens is 320 g/mol. The van der Waals surface area contributed by atoms with Crippen LogP contribution >= 0.6 is 0 Å². The Kier molecular flexibility index (Phi) is 4.88. The molecule has 136 valence electrons. The monoisotopic (exact) mass is 346 g/mol. The van der Waals surface area contributed by atoms with Crippen molar-refractivity contribution in [3.8, 4) is 0 Å². The molecule has 1 aromatic rings. The van der Waals surface area contributed by atoms with Crippen molar-refractivity contribution < 1.29 is 19.1 Å². The first-order chi connectivity index (χ1) is 11.8. The topological polar surface area (TPSA) is 67.9 Å². The van der Waals surface area contributed by atoms with Crippen LogP contribution in [0.15, 0.2) is 30.3 Å². The summed E-state index contributed by atoms with van der Waals surface area (Å²) in [6, 6.07) is 9.61. The summed E-state index contributed by atoms with van der Waals surface area (Å²) in [5.74, 6) is 0. The van der Waals surface area contributed by atoms with Gasteiger partial charge in [-0.05, 0) is 45.6 Å². The van der Waals surface area contributed by atoms with E-state index < -0.39 is 11.7 Å². The molecule has 6 heteroatoms. The number of carbonyl (C=O) groups is 2. The normalized spacial score (nSPS) is 24.9. The minimum atomic E-state index is -0.517. The maximum absolute atomic E-state index is 12.4. The first kappa shape index (κ1) is 17.6. The van der Waals surface area contributed by atoms with Gasteiger partial charge in [0.05, 0.1) is 12.1 Å². The fourth-order valence-electron chi connectivity index (χ4n) is 3.66. The van der Waals surface area contributed by atoms with Crippen LogP contribution < -0.4 is 5.32 Å². The summed E-state index contributed by atoms with van der Waals surface area (Å²) in [5, 5.41) is 2.92. The second kappa shape index (κ2) is 6.94. The fourth-order valence-corrected chi connectivity index (χ4v) is 3.66. The highest BCUT2D eigenvalue weighted by Gasteiger charge is 2.50. The second-order valence-corrected chi connectivity index (χ2v) is 7.73. The summed E-state index contributed by atoms with van der Waals surface area (Å²) in [5.41, 5.74) is 0.428. The summed E-state index contributed by atoms with van der Waals surface area (Å²) >= 11 is 0. The number of benzene rings is 1. The first-order valence-corrected chi connectivity index (χ1v) is 8.82. The molecule has 0 spiro atoms. The van der Waals surface area contributed by atoms with Crippen molar-refractivity contribution in [3.63, 3.8) is 0 Å². The van der Waals surface area contributed by atoms with Crippen LogP contribution in [0, 0.1) is 0 Å². The predicted molar refractivity (Wildman–Crippen MR) is 93.1 cm³/mol. The van der Waals surface area contributed by atoms with Gasteiger partial charge in [-0.2, -0.15) is 0 Å². The quantitative estimate of drug-likeness (QED) is 0.910. The number of nitrogens with zero attached hydrogens (tertiary/aromatic N) is 1. The van der Waals surface area contributed by atoms with Crippen LogP contribution in [0.5, 0.6) is 0 Å². The summed E-state index contributed by atoms with van der Waals surface area (Å²) in [7, 11) is 0. The third-order valence-electron chi connectivity index (χ3n) is 4.66. The van der Waals surface area contributed by atoms with E-state index in [2.05, 4.69) is 5.32 Å². The number of amides is 2. The molecule has 0 saturated carbocycles. The summed E-state index contributed by atoms with van der Waals surface area (Å²) < 4.78 is 10.8. The average Bonchev–Trinajstić information content (AvgIpc) is 3.10. The van der Waals surface area contributed by atoms with E-state index in [0.29, 0.717) is 0 Å². The van der Waals surface area contributed by atoms with Gasteiger partial charge in [-0.15, -0.1) is 0 Å². The van der Waals surface area contributed by atoms with Crippen LogP contribution in [0.1, 0.15) is 45.6 Å². The van der Waals surface area contributed by atoms with Crippen LogP contribution in [0.2, 0.25) is 0 Å². The number of rotatable bonds is 3. The summed E-state index contributed by atoms with van der Waals surface area (Å²) in [4.78, 5) is 26.3. The van der Waals surface area contributed by atoms with Crippen molar-refractivity contribution in [2.24, 2.45) is 0 Å². The van der Waals surface area contributed by atoms with E-state index in [1.54, 1.807) is 4.90 Å². The van der Waals surface area contributed by atoms with Gasteiger partial charge < -0.3 is 19.7 Å². The van der Waals surface area contributed by atoms with E-state index in [0.717, 1.165) is 24.8 Å². The predicted octanol–water partition coefficient (Wildman–Crippen LogP) is 3.45. The smallest absolute Gasteiger partial charge is 0.410 e. The highest BCUT2D eigenvalue weighted by Crippen LogP contribution is 2.38. The Hall–Kier alpha value is -2.24. The molecule has 6 nitrogen and oxygen atoms in total. The van der Waals surface area contributed by atoms with Crippen molar-refractivity contribution in [2.75, 3.05) is 0 Å². The molecule has 2 bridgehead atoms. The molecule has 2 heterocycles. The molecular formula is C19H26N2O4. The third kappa shape index (κ3) is 4.24. The lowest BCUT2D eigenvalue weighted by Crippen LogP contribution is -2.46. The van der Waals surface area contributed by atoms with Gasteiger partial charge in [-0.1, -0.05) is 30.3 Å². The molecule has 0 radical (unpaired) electrons. The van der Waals surface area contributed by atoms with E-state index in [9.17, 15) is 9.59 Å². The third-order valence-corrected chi connectivity index (χ3v) is 4.66. The molecule has 0 aromatic heterocycles. The van der Waals surface area contributed by atoms with E-state index in [1.165, 1.54) is 0 Å².